The maximum atomic E-state index is 12.3. The zero-order valence-electron chi connectivity index (χ0n) is 15.1. The summed E-state index contributed by atoms with van der Waals surface area (Å²) in [4.78, 5) is 26.4. The van der Waals surface area contributed by atoms with E-state index in [-0.39, 0.29) is 23.2 Å². The molecule has 2 atom stereocenters. The summed E-state index contributed by atoms with van der Waals surface area (Å²) in [5, 5.41) is 2.96. The van der Waals surface area contributed by atoms with Crippen molar-refractivity contribution in [1.29, 1.82) is 0 Å². The molecule has 0 radical (unpaired) electrons. The number of carbonyl (C=O) groups excluding carboxylic acids is 2. The zero-order chi connectivity index (χ0) is 18.5. The van der Waals surface area contributed by atoms with E-state index < -0.39 is 0 Å². The van der Waals surface area contributed by atoms with Gasteiger partial charge in [-0.25, -0.2) is 0 Å². The van der Waals surface area contributed by atoms with Crippen molar-refractivity contribution < 1.29 is 14.0 Å². The van der Waals surface area contributed by atoms with Crippen molar-refractivity contribution in [3.05, 3.63) is 59.5 Å². The number of rotatable bonds is 7. The predicted octanol–water partition coefficient (Wildman–Crippen LogP) is 3.97. The Morgan fingerprint density at radius 1 is 1.35 bits per heavy atom. The van der Waals surface area contributed by atoms with E-state index in [1.807, 2.05) is 48.2 Å². The first-order chi connectivity index (χ1) is 12.6. The van der Waals surface area contributed by atoms with Crippen LogP contribution in [0.5, 0.6) is 0 Å². The highest BCUT2D eigenvalue weighted by molar-refractivity contribution is 8.00. The number of carbonyl (C=O) groups is 2. The van der Waals surface area contributed by atoms with Gasteiger partial charge in [0.25, 0.3) is 5.91 Å². The largest absolute Gasteiger partial charge is 0.467 e. The quantitative estimate of drug-likeness (QED) is 0.799. The molecule has 26 heavy (non-hydrogen) atoms. The van der Waals surface area contributed by atoms with Crippen molar-refractivity contribution in [2.45, 2.75) is 44.6 Å². The third-order valence-corrected chi connectivity index (χ3v) is 5.69. The number of thioether (sulfide) groups is 1. The van der Waals surface area contributed by atoms with Crippen LogP contribution in [-0.4, -0.2) is 28.5 Å². The average Bonchev–Trinajstić information content (AvgIpc) is 3.26. The fourth-order valence-electron chi connectivity index (χ4n) is 3.08. The Bertz CT molecular complexity index is 743. The second-order valence-electron chi connectivity index (χ2n) is 6.55. The number of hydrogen-bond acceptors (Lipinski definition) is 4. The van der Waals surface area contributed by atoms with Gasteiger partial charge in [0.1, 0.15) is 11.1 Å². The molecule has 1 aromatic heterocycles. The minimum atomic E-state index is -0.0555. The van der Waals surface area contributed by atoms with Crippen LogP contribution in [0, 0.1) is 0 Å². The zero-order valence-corrected chi connectivity index (χ0v) is 15.9. The molecule has 0 bridgehead atoms. The van der Waals surface area contributed by atoms with Crippen molar-refractivity contribution in [2.75, 3.05) is 5.75 Å². The molecule has 5 nitrogen and oxygen atoms in total. The molecule has 0 saturated carbocycles. The summed E-state index contributed by atoms with van der Waals surface area (Å²) in [6.07, 6.45) is 3.62. The highest BCUT2D eigenvalue weighted by Crippen LogP contribution is 2.39. The minimum Gasteiger partial charge on any atom is -0.467 e. The molecule has 6 heteroatoms. The third-order valence-electron chi connectivity index (χ3n) is 4.43. The molecule has 0 aliphatic carbocycles. The summed E-state index contributed by atoms with van der Waals surface area (Å²) in [7, 11) is 0. The normalized spacial score (nSPS) is 18.2. The minimum absolute atomic E-state index is 0.0521. The van der Waals surface area contributed by atoms with Gasteiger partial charge in [-0.15, -0.1) is 11.8 Å². The van der Waals surface area contributed by atoms with Crippen LogP contribution < -0.4 is 5.32 Å². The van der Waals surface area contributed by atoms with Crippen molar-refractivity contribution in [2.24, 2.45) is 0 Å². The Morgan fingerprint density at radius 3 is 2.77 bits per heavy atom. The molecule has 1 fully saturated rings. The molecule has 1 N–H and O–H groups in total. The van der Waals surface area contributed by atoms with E-state index in [0.29, 0.717) is 17.9 Å². The molecular weight excluding hydrogens is 348 g/mol. The lowest BCUT2D eigenvalue weighted by Gasteiger charge is -2.23. The van der Waals surface area contributed by atoms with Gasteiger partial charge >= 0.3 is 0 Å². The van der Waals surface area contributed by atoms with Crippen LogP contribution in [-0.2, 0) is 11.3 Å². The van der Waals surface area contributed by atoms with Crippen LogP contribution in [0.25, 0.3) is 0 Å². The Labute approximate surface area is 158 Å². The number of amides is 2. The summed E-state index contributed by atoms with van der Waals surface area (Å²) >= 11 is 1.60. The summed E-state index contributed by atoms with van der Waals surface area (Å²) < 4.78 is 5.38. The van der Waals surface area contributed by atoms with Crippen molar-refractivity contribution in [3.8, 4) is 0 Å². The number of nitrogens with zero attached hydrogens (tertiary/aromatic N) is 1. The topological polar surface area (TPSA) is 62.6 Å². The molecule has 2 aromatic rings. The molecule has 0 spiro atoms. The molecular formula is C20H24N2O3S. The number of nitrogens with one attached hydrogen (secondary N) is 1. The molecule has 3 rings (SSSR count). The van der Waals surface area contributed by atoms with Gasteiger partial charge in [-0.2, -0.15) is 0 Å². The molecule has 1 saturated heterocycles. The Morgan fingerprint density at radius 2 is 2.12 bits per heavy atom. The summed E-state index contributed by atoms with van der Waals surface area (Å²) in [5.74, 6) is 1.28. The standard InChI is InChI=1S/C20H24N2O3S/c1-3-5-14(2)21-19(24)15-7-9-16(10-8-15)20-22(18(23)13-26-20)12-17-6-4-11-25-17/h4,6-11,14,20H,3,5,12-13H2,1-2H3,(H,21,24)/t14-,20-/m1/s1. The second-order valence-corrected chi connectivity index (χ2v) is 7.62. The van der Waals surface area contributed by atoms with Gasteiger partial charge in [0.2, 0.25) is 5.91 Å². The number of hydrogen-bond donors (Lipinski definition) is 1. The highest BCUT2D eigenvalue weighted by atomic mass is 32.2. The van der Waals surface area contributed by atoms with E-state index >= 15 is 0 Å². The van der Waals surface area contributed by atoms with Crippen molar-refractivity contribution in [3.63, 3.8) is 0 Å². The molecule has 2 heterocycles. The number of furan rings is 1. The molecule has 1 aromatic carbocycles. The summed E-state index contributed by atoms with van der Waals surface area (Å²) in [5.41, 5.74) is 1.66. The first-order valence-corrected chi connectivity index (χ1v) is 9.97. The average molecular weight is 372 g/mol. The van der Waals surface area contributed by atoms with Crippen LogP contribution in [0.15, 0.2) is 47.1 Å². The van der Waals surface area contributed by atoms with E-state index in [1.54, 1.807) is 18.0 Å². The van der Waals surface area contributed by atoms with Gasteiger partial charge in [-0.1, -0.05) is 25.5 Å². The third kappa shape index (κ3) is 4.30. The predicted molar refractivity (Wildman–Crippen MR) is 103 cm³/mol. The van der Waals surface area contributed by atoms with Gasteiger partial charge in [-0.05, 0) is 43.2 Å². The fraction of sp³-hybridized carbons (Fsp3) is 0.400. The van der Waals surface area contributed by atoms with Gasteiger partial charge in [0.15, 0.2) is 0 Å². The van der Waals surface area contributed by atoms with Crippen molar-refractivity contribution in [1.82, 2.24) is 10.2 Å². The van der Waals surface area contributed by atoms with Gasteiger partial charge < -0.3 is 14.6 Å². The monoisotopic (exact) mass is 372 g/mol. The van der Waals surface area contributed by atoms with E-state index in [2.05, 4.69) is 12.2 Å². The van der Waals surface area contributed by atoms with Crippen LogP contribution >= 0.6 is 11.8 Å². The maximum absolute atomic E-state index is 12.3. The van der Waals surface area contributed by atoms with Crippen molar-refractivity contribution >= 4 is 23.6 Å². The second kappa shape index (κ2) is 8.45. The molecule has 2 amide bonds. The fourth-order valence-corrected chi connectivity index (χ4v) is 4.27. The van der Waals surface area contributed by atoms with Gasteiger partial charge in [0.05, 0.1) is 18.6 Å². The Hall–Kier alpha value is -2.21. The lowest BCUT2D eigenvalue weighted by molar-refractivity contribution is -0.128. The van der Waals surface area contributed by atoms with Crippen LogP contribution in [0.2, 0.25) is 0 Å². The van der Waals surface area contributed by atoms with E-state index in [1.165, 1.54) is 0 Å². The van der Waals surface area contributed by atoms with E-state index in [9.17, 15) is 9.59 Å². The van der Waals surface area contributed by atoms with Gasteiger partial charge in [-0.3, -0.25) is 9.59 Å². The lowest BCUT2D eigenvalue weighted by Crippen LogP contribution is -2.32. The maximum Gasteiger partial charge on any atom is 0.251 e. The smallest absolute Gasteiger partial charge is 0.251 e. The van der Waals surface area contributed by atoms with Crippen LogP contribution in [0.3, 0.4) is 0 Å². The molecule has 1 aliphatic rings. The van der Waals surface area contributed by atoms with Gasteiger partial charge in [0, 0.05) is 11.6 Å². The molecule has 0 unspecified atom stereocenters. The summed E-state index contributed by atoms with van der Waals surface area (Å²) in [6.45, 7) is 4.58. The molecule has 138 valence electrons. The van der Waals surface area contributed by atoms with Crippen LogP contribution in [0.1, 0.15) is 53.7 Å². The van der Waals surface area contributed by atoms with E-state index in [0.717, 1.165) is 24.2 Å². The highest BCUT2D eigenvalue weighted by Gasteiger charge is 2.33. The van der Waals surface area contributed by atoms with Crippen LogP contribution in [0.4, 0.5) is 0 Å². The SMILES string of the molecule is CCC[C@@H](C)NC(=O)c1ccc([C@H]2SCC(=O)N2Cc2ccco2)cc1. The Kier molecular flexibility index (Phi) is 6.04. The lowest BCUT2D eigenvalue weighted by atomic mass is 10.1. The number of benzene rings is 1. The summed E-state index contributed by atoms with van der Waals surface area (Å²) in [6, 6.07) is 11.4. The first kappa shape index (κ1) is 18.6. The first-order valence-electron chi connectivity index (χ1n) is 8.92. The Balaban J connectivity index is 1.69. The van der Waals surface area contributed by atoms with E-state index in [4.69, 9.17) is 4.42 Å². The molecule has 1 aliphatic heterocycles.